The molecule has 2 rings (SSSR count). The highest BCUT2D eigenvalue weighted by Gasteiger charge is 2.14. The second-order valence-electron chi connectivity index (χ2n) is 4.32. The van der Waals surface area contributed by atoms with Crippen molar-refractivity contribution >= 4 is 17.7 Å². The molecule has 102 valence electrons. The number of amides is 1. The normalized spacial score (nSPS) is 19.5. The van der Waals surface area contributed by atoms with E-state index in [1.165, 1.54) is 6.08 Å². The molecule has 5 heteroatoms. The maximum atomic E-state index is 11.6. The van der Waals surface area contributed by atoms with Crippen LogP contribution in [0.4, 0.5) is 5.69 Å². The van der Waals surface area contributed by atoms with Crippen LogP contribution in [-0.2, 0) is 14.3 Å². The lowest BCUT2D eigenvalue weighted by Gasteiger charge is -2.22. The van der Waals surface area contributed by atoms with Gasteiger partial charge in [0.15, 0.2) is 0 Å². The summed E-state index contributed by atoms with van der Waals surface area (Å²) in [6, 6.07) is 7.35. The third-order valence-electron chi connectivity index (χ3n) is 2.73. The van der Waals surface area contributed by atoms with Gasteiger partial charge in [0.1, 0.15) is 0 Å². The van der Waals surface area contributed by atoms with E-state index in [0.717, 1.165) is 5.56 Å². The molecule has 19 heavy (non-hydrogen) atoms. The van der Waals surface area contributed by atoms with Crippen LogP contribution < -0.4 is 11.1 Å². The zero-order valence-electron chi connectivity index (χ0n) is 10.7. The van der Waals surface area contributed by atoms with Gasteiger partial charge in [-0.05, 0) is 23.8 Å². The Morgan fingerprint density at radius 3 is 3.11 bits per heavy atom. The summed E-state index contributed by atoms with van der Waals surface area (Å²) in [5, 5.41) is 2.78. The number of carbonyl (C=O) groups is 1. The molecule has 1 amide bonds. The maximum absolute atomic E-state index is 11.6. The van der Waals surface area contributed by atoms with Crippen molar-refractivity contribution in [2.24, 2.45) is 0 Å². The first-order valence-corrected chi connectivity index (χ1v) is 6.25. The molecule has 0 aromatic heterocycles. The molecule has 3 N–H and O–H groups in total. The van der Waals surface area contributed by atoms with E-state index in [-0.39, 0.29) is 12.0 Å². The number of nitrogen functional groups attached to an aromatic ring is 1. The highest BCUT2D eigenvalue weighted by Crippen LogP contribution is 2.07. The third-order valence-corrected chi connectivity index (χ3v) is 2.73. The van der Waals surface area contributed by atoms with Crippen LogP contribution in [0.15, 0.2) is 30.3 Å². The van der Waals surface area contributed by atoms with Crippen LogP contribution in [0.5, 0.6) is 0 Å². The monoisotopic (exact) mass is 262 g/mol. The first kappa shape index (κ1) is 13.6. The van der Waals surface area contributed by atoms with Gasteiger partial charge >= 0.3 is 0 Å². The quantitative estimate of drug-likeness (QED) is 0.622. The average molecular weight is 262 g/mol. The van der Waals surface area contributed by atoms with Crippen molar-refractivity contribution in [2.45, 2.75) is 6.10 Å². The van der Waals surface area contributed by atoms with Gasteiger partial charge in [0.25, 0.3) is 0 Å². The van der Waals surface area contributed by atoms with Gasteiger partial charge in [0.2, 0.25) is 5.91 Å². The Morgan fingerprint density at radius 2 is 2.37 bits per heavy atom. The smallest absolute Gasteiger partial charge is 0.244 e. The summed E-state index contributed by atoms with van der Waals surface area (Å²) in [6.45, 7) is 2.19. The Bertz CT molecular complexity index is 454. The predicted octanol–water partition coefficient (Wildman–Crippen LogP) is 0.814. The molecule has 1 heterocycles. The molecule has 1 aromatic carbocycles. The van der Waals surface area contributed by atoms with Gasteiger partial charge in [-0.1, -0.05) is 12.1 Å². The molecule has 1 fully saturated rings. The molecule has 0 aliphatic carbocycles. The number of nitrogens with one attached hydrogen (secondary N) is 1. The fraction of sp³-hybridized carbons (Fsp3) is 0.357. The summed E-state index contributed by atoms with van der Waals surface area (Å²) >= 11 is 0. The lowest BCUT2D eigenvalue weighted by molar-refractivity contribution is -0.119. The predicted molar refractivity (Wildman–Crippen MR) is 73.5 cm³/mol. The minimum absolute atomic E-state index is 0.0570. The zero-order chi connectivity index (χ0) is 13.5. The van der Waals surface area contributed by atoms with E-state index in [1.54, 1.807) is 12.1 Å². The Kier molecular flexibility index (Phi) is 4.94. The molecule has 0 bridgehead atoms. The number of benzene rings is 1. The van der Waals surface area contributed by atoms with E-state index in [2.05, 4.69) is 5.32 Å². The Morgan fingerprint density at radius 1 is 1.47 bits per heavy atom. The van der Waals surface area contributed by atoms with Crippen molar-refractivity contribution in [3.8, 4) is 0 Å². The summed E-state index contributed by atoms with van der Waals surface area (Å²) in [6.07, 6.45) is 3.15. The van der Waals surface area contributed by atoms with E-state index < -0.39 is 0 Å². The number of anilines is 1. The maximum Gasteiger partial charge on any atom is 0.244 e. The van der Waals surface area contributed by atoms with Crippen LogP contribution in [0.1, 0.15) is 5.56 Å². The van der Waals surface area contributed by atoms with Crippen LogP contribution in [0, 0.1) is 0 Å². The molecular formula is C14H18N2O3. The molecule has 1 aromatic rings. The summed E-state index contributed by atoms with van der Waals surface area (Å²) < 4.78 is 10.7. The molecule has 1 saturated heterocycles. The molecule has 0 spiro atoms. The van der Waals surface area contributed by atoms with E-state index in [1.807, 2.05) is 18.2 Å². The first-order valence-electron chi connectivity index (χ1n) is 6.25. The van der Waals surface area contributed by atoms with Crippen molar-refractivity contribution < 1.29 is 14.3 Å². The number of rotatable bonds is 4. The van der Waals surface area contributed by atoms with E-state index in [4.69, 9.17) is 15.2 Å². The highest BCUT2D eigenvalue weighted by molar-refractivity contribution is 5.91. The number of carbonyl (C=O) groups excluding carboxylic acids is 1. The molecule has 1 atom stereocenters. The lowest BCUT2D eigenvalue weighted by Crippen LogP contribution is -2.39. The van der Waals surface area contributed by atoms with Gasteiger partial charge in [-0.25, -0.2) is 0 Å². The Labute approximate surface area is 112 Å². The van der Waals surface area contributed by atoms with Gasteiger partial charge in [-0.2, -0.15) is 0 Å². The molecule has 0 saturated carbocycles. The molecule has 0 radical (unpaired) electrons. The van der Waals surface area contributed by atoms with Crippen molar-refractivity contribution in [2.75, 3.05) is 32.1 Å². The van der Waals surface area contributed by atoms with Gasteiger partial charge in [-0.15, -0.1) is 0 Å². The molecule has 5 nitrogen and oxygen atoms in total. The van der Waals surface area contributed by atoms with Crippen molar-refractivity contribution in [1.82, 2.24) is 5.32 Å². The topological polar surface area (TPSA) is 73.6 Å². The number of ether oxygens (including phenoxy) is 2. The summed E-state index contributed by atoms with van der Waals surface area (Å²) in [7, 11) is 0. The molecule has 1 aliphatic heterocycles. The average Bonchev–Trinajstić information content (AvgIpc) is 2.44. The van der Waals surface area contributed by atoms with Gasteiger partial charge in [-0.3, -0.25) is 4.79 Å². The van der Waals surface area contributed by atoms with Crippen LogP contribution in [0.25, 0.3) is 6.08 Å². The second-order valence-corrected chi connectivity index (χ2v) is 4.32. The SMILES string of the molecule is Nc1cccc(/C=C/C(=O)NCC2COCCO2)c1. The van der Waals surface area contributed by atoms with Gasteiger partial charge in [0.05, 0.1) is 25.9 Å². The molecular weight excluding hydrogens is 244 g/mol. The zero-order valence-corrected chi connectivity index (χ0v) is 10.7. The number of hydrogen-bond donors (Lipinski definition) is 2. The van der Waals surface area contributed by atoms with Crippen molar-refractivity contribution in [1.29, 1.82) is 0 Å². The van der Waals surface area contributed by atoms with Gasteiger partial charge < -0.3 is 20.5 Å². The fourth-order valence-corrected chi connectivity index (χ4v) is 1.76. The van der Waals surface area contributed by atoms with Crippen molar-refractivity contribution in [3.05, 3.63) is 35.9 Å². The fourth-order valence-electron chi connectivity index (χ4n) is 1.76. The standard InChI is InChI=1S/C14H18N2O3/c15-12-3-1-2-11(8-12)4-5-14(17)16-9-13-10-18-6-7-19-13/h1-5,8,13H,6-7,9-10,15H2,(H,16,17)/b5-4+. The Balaban J connectivity index is 1.77. The first-order chi connectivity index (χ1) is 9.24. The minimum atomic E-state index is -0.156. The van der Waals surface area contributed by atoms with Gasteiger partial charge in [0, 0.05) is 18.3 Å². The van der Waals surface area contributed by atoms with E-state index in [0.29, 0.717) is 32.1 Å². The van der Waals surface area contributed by atoms with Crippen molar-refractivity contribution in [3.63, 3.8) is 0 Å². The second kappa shape index (κ2) is 6.92. The number of hydrogen-bond acceptors (Lipinski definition) is 4. The van der Waals surface area contributed by atoms with Crippen LogP contribution in [0.3, 0.4) is 0 Å². The largest absolute Gasteiger partial charge is 0.399 e. The van der Waals surface area contributed by atoms with Crippen LogP contribution >= 0.6 is 0 Å². The van der Waals surface area contributed by atoms with E-state index >= 15 is 0 Å². The summed E-state index contributed by atoms with van der Waals surface area (Å²) in [5.74, 6) is -0.156. The molecule has 1 aliphatic rings. The lowest BCUT2D eigenvalue weighted by atomic mass is 10.2. The summed E-state index contributed by atoms with van der Waals surface area (Å²) in [5.41, 5.74) is 7.23. The third kappa shape index (κ3) is 4.73. The van der Waals surface area contributed by atoms with Crippen LogP contribution in [-0.4, -0.2) is 38.4 Å². The van der Waals surface area contributed by atoms with E-state index in [9.17, 15) is 4.79 Å². The highest BCUT2D eigenvalue weighted by atomic mass is 16.6. The Hall–Kier alpha value is -1.85. The molecule has 1 unspecified atom stereocenters. The number of nitrogens with two attached hydrogens (primary N) is 1. The minimum Gasteiger partial charge on any atom is -0.399 e. The van der Waals surface area contributed by atoms with Crippen LogP contribution in [0.2, 0.25) is 0 Å². The summed E-state index contributed by atoms with van der Waals surface area (Å²) in [4.78, 5) is 11.6.